The Hall–Kier alpha value is -0.540. The molecule has 21 heavy (non-hydrogen) atoms. The standard InChI is InChI=1S/C14H22BrN3O2.HI/c1-11(10-19-3)18-14(16-2)17-7-8-20-13-6-4-5-12(15)9-13;/h4-6,9,11H,7-8,10H2,1-3H3,(H2,16,17,18);1H. The minimum Gasteiger partial charge on any atom is -0.492 e. The normalized spacial score (nSPS) is 12.3. The molecule has 0 aromatic heterocycles. The van der Waals surface area contributed by atoms with Crippen molar-refractivity contribution < 1.29 is 9.47 Å². The number of ether oxygens (including phenoxy) is 2. The number of halogens is 2. The van der Waals surface area contributed by atoms with Crippen LogP contribution in [0.2, 0.25) is 0 Å². The van der Waals surface area contributed by atoms with Crippen LogP contribution in [-0.2, 0) is 4.74 Å². The van der Waals surface area contributed by atoms with Crippen molar-refractivity contribution in [3.05, 3.63) is 28.7 Å². The SMILES string of the molecule is CN=C(NCCOc1cccc(Br)c1)NC(C)COC.I. The second-order valence-electron chi connectivity index (χ2n) is 4.31. The molecular formula is C14H23BrIN3O2. The van der Waals surface area contributed by atoms with E-state index in [-0.39, 0.29) is 30.0 Å². The Labute approximate surface area is 152 Å². The lowest BCUT2D eigenvalue weighted by molar-refractivity contribution is 0.179. The molecule has 1 aromatic rings. The molecule has 0 heterocycles. The molecule has 0 bridgehead atoms. The summed E-state index contributed by atoms with van der Waals surface area (Å²) in [6.45, 7) is 3.91. The van der Waals surface area contributed by atoms with Crippen LogP contribution in [0.4, 0.5) is 0 Å². The Balaban J connectivity index is 0.00000400. The summed E-state index contributed by atoms with van der Waals surface area (Å²) in [5, 5.41) is 6.42. The molecule has 0 aliphatic rings. The van der Waals surface area contributed by atoms with Crippen LogP contribution >= 0.6 is 39.9 Å². The summed E-state index contributed by atoms with van der Waals surface area (Å²) in [4.78, 5) is 4.14. The number of nitrogens with zero attached hydrogens (tertiary/aromatic N) is 1. The topological polar surface area (TPSA) is 54.9 Å². The van der Waals surface area contributed by atoms with Gasteiger partial charge in [0.25, 0.3) is 0 Å². The fraction of sp³-hybridized carbons (Fsp3) is 0.500. The van der Waals surface area contributed by atoms with Crippen LogP contribution < -0.4 is 15.4 Å². The predicted molar refractivity (Wildman–Crippen MR) is 101 cm³/mol. The predicted octanol–water partition coefficient (Wildman–Crippen LogP) is 2.65. The molecule has 1 rings (SSSR count). The summed E-state index contributed by atoms with van der Waals surface area (Å²) in [6.07, 6.45) is 0. The van der Waals surface area contributed by atoms with Gasteiger partial charge in [0.15, 0.2) is 5.96 Å². The van der Waals surface area contributed by atoms with Gasteiger partial charge in [-0.2, -0.15) is 0 Å². The Morgan fingerprint density at radius 2 is 2.19 bits per heavy atom. The number of rotatable bonds is 7. The first-order valence-corrected chi connectivity index (χ1v) is 7.29. The lowest BCUT2D eigenvalue weighted by atomic mass is 10.3. The van der Waals surface area contributed by atoms with Crippen molar-refractivity contribution in [2.75, 3.05) is 33.9 Å². The third kappa shape index (κ3) is 9.15. The van der Waals surface area contributed by atoms with E-state index in [9.17, 15) is 0 Å². The van der Waals surface area contributed by atoms with Gasteiger partial charge in [0.1, 0.15) is 12.4 Å². The summed E-state index contributed by atoms with van der Waals surface area (Å²) < 4.78 is 11.7. The highest BCUT2D eigenvalue weighted by atomic mass is 127. The monoisotopic (exact) mass is 471 g/mol. The van der Waals surface area contributed by atoms with Gasteiger partial charge in [-0.3, -0.25) is 4.99 Å². The Morgan fingerprint density at radius 3 is 2.81 bits per heavy atom. The number of aliphatic imine (C=N–C) groups is 1. The first-order chi connectivity index (χ1) is 9.65. The minimum absolute atomic E-state index is 0. The average molecular weight is 472 g/mol. The number of methoxy groups -OCH3 is 1. The zero-order chi connectivity index (χ0) is 14.8. The van der Waals surface area contributed by atoms with E-state index in [0.717, 1.165) is 16.2 Å². The number of nitrogens with one attached hydrogen (secondary N) is 2. The van der Waals surface area contributed by atoms with Crippen molar-refractivity contribution in [3.8, 4) is 5.75 Å². The van der Waals surface area contributed by atoms with Crippen molar-refractivity contribution in [1.82, 2.24) is 10.6 Å². The molecule has 1 unspecified atom stereocenters. The average Bonchev–Trinajstić information content (AvgIpc) is 2.42. The molecule has 0 radical (unpaired) electrons. The zero-order valence-electron chi connectivity index (χ0n) is 12.6. The summed E-state index contributed by atoms with van der Waals surface area (Å²) >= 11 is 3.41. The second-order valence-corrected chi connectivity index (χ2v) is 5.22. The summed E-state index contributed by atoms with van der Waals surface area (Å²) in [7, 11) is 3.42. The van der Waals surface area contributed by atoms with Crippen molar-refractivity contribution in [2.24, 2.45) is 4.99 Å². The highest BCUT2D eigenvalue weighted by Gasteiger charge is 2.03. The molecule has 0 saturated heterocycles. The van der Waals surface area contributed by atoms with Crippen LogP contribution in [0.15, 0.2) is 33.7 Å². The third-order valence-electron chi connectivity index (χ3n) is 2.48. The third-order valence-corrected chi connectivity index (χ3v) is 2.98. The summed E-state index contributed by atoms with van der Waals surface area (Å²) in [5.41, 5.74) is 0. The van der Waals surface area contributed by atoms with Gasteiger partial charge in [0.2, 0.25) is 0 Å². The second kappa shape index (κ2) is 12.0. The van der Waals surface area contributed by atoms with E-state index in [1.165, 1.54) is 0 Å². The van der Waals surface area contributed by atoms with Crippen LogP contribution in [0.3, 0.4) is 0 Å². The zero-order valence-corrected chi connectivity index (χ0v) is 16.5. The number of hydrogen-bond donors (Lipinski definition) is 2. The lowest BCUT2D eigenvalue weighted by Gasteiger charge is -2.17. The van der Waals surface area contributed by atoms with Gasteiger partial charge >= 0.3 is 0 Å². The van der Waals surface area contributed by atoms with Gasteiger partial charge in [0.05, 0.1) is 13.2 Å². The van der Waals surface area contributed by atoms with Gasteiger partial charge in [-0.1, -0.05) is 22.0 Å². The van der Waals surface area contributed by atoms with E-state index in [4.69, 9.17) is 9.47 Å². The largest absolute Gasteiger partial charge is 0.492 e. The first-order valence-electron chi connectivity index (χ1n) is 6.50. The van der Waals surface area contributed by atoms with Crippen molar-refractivity contribution >= 4 is 45.9 Å². The Bertz CT molecular complexity index is 432. The smallest absolute Gasteiger partial charge is 0.191 e. The van der Waals surface area contributed by atoms with Crippen molar-refractivity contribution in [1.29, 1.82) is 0 Å². The van der Waals surface area contributed by atoms with E-state index >= 15 is 0 Å². The van der Waals surface area contributed by atoms with Gasteiger partial charge in [-0.05, 0) is 25.1 Å². The quantitative estimate of drug-likeness (QED) is 0.278. The van der Waals surface area contributed by atoms with Crippen LogP contribution in [0.5, 0.6) is 5.75 Å². The fourth-order valence-electron chi connectivity index (χ4n) is 1.61. The molecule has 0 amide bonds. The molecule has 120 valence electrons. The maximum Gasteiger partial charge on any atom is 0.191 e. The van der Waals surface area contributed by atoms with Crippen molar-refractivity contribution in [2.45, 2.75) is 13.0 Å². The number of benzene rings is 1. The summed E-state index contributed by atoms with van der Waals surface area (Å²) in [5.74, 6) is 1.59. The highest BCUT2D eigenvalue weighted by Crippen LogP contribution is 2.17. The molecule has 1 atom stereocenters. The Morgan fingerprint density at radius 1 is 1.43 bits per heavy atom. The number of hydrogen-bond acceptors (Lipinski definition) is 3. The van der Waals surface area contributed by atoms with E-state index in [1.807, 2.05) is 31.2 Å². The van der Waals surface area contributed by atoms with Crippen LogP contribution in [0.1, 0.15) is 6.92 Å². The lowest BCUT2D eigenvalue weighted by Crippen LogP contribution is -2.45. The van der Waals surface area contributed by atoms with E-state index < -0.39 is 0 Å². The van der Waals surface area contributed by atoms with Crippen LogP contribution in [-0.4, -0.2) is 45.9 Å². The molecule has 5 nitrogen and oxygen atoms in total. The first kappa shape index (κ1) is 20.5. The fourth-order valence-corrected chi connectivity index (χ4v) is 1.99. The minimum atomic E-state index is 0. The molecule has 0 spiro atoms. The highest BCUT2D eigenvalue weighted by molar-refractivity contribution is 14.0. The van der Waals surface area contributed by atoms with Crippen molar-refractivity contribution in [3.63, 3.8) is 0 Å². The van der Waals surface area contributed by atoms with E-state index in [1.54, 1.807) is 14.2 Å². The molecule has 7 heteroatoms. The number of guanidine groups is 1. The molecular weight excluding hydrogens is 449 g/mol. The van der Waals surface area contributed by atoms with Gasteiger partial charge in [-0.15, -0.1) is 24.0 Å². The maximum atomic E-state index is 5.63. The van der Waals surface area contributed by atoms with Gasteiger partial charge < -0.3 is 20.1 Å². The Kier molecular flexibility index (Phi) is 11.7. The van der Waals surface area contributed by atoms with Gasteiger partial charge in [0, 0.05) is 24.7 Å². The molecule has 0 fully saturated rings. The molecule has 1 aromatic carbocycles. The molecule has 0 saturated carbocycles. The molecule has 0 aliphatic carbocycles. The van der Waals surface area contributed by atoms with Crippen LogP contribution in [0, 0.1) is 0 Å². The van der Waals surface area contributed by atoms with E-state index in [0.29, 0.717) is 19.8 Å². The molecule has 0 aliphatic heterocycles. The van der Waals surface area contributed by atoms with Crippen LogP contribution in [0.25, 0.3) is 0 Å². The van der Waals surface area contributed by atoms with E-state index in [2.05, 4.69) is 31.6 Å². The maximum absolute atomic E-state index is 5.63. The van der Waals surface area contributed by atoms with Gasteiger partial charge in [-0.25, -0.2) is 0 Å². The molecule has 2 N–H and O–H groups in total. The summed E-state index contributed by atoms with van der Waals surface area (Å²) in [6, 6.07) is 7.98.